The lowest BCUT2D eigenvalue weighted by Crippen LogP contribution is -2.29. The summed E-state index contributed by atoms with van der Waals surface area (Å²) in [5.74, 6) is -0.919. The molecule has 0 spiro atoms. The molecule has 0 aliphatic heterocycles. The average Bonchev–Trinajstić information content (AvgIpc) is 2.87. The lowest BCUT2D eigenvalue weighted by Gasteiger charge is -2.18. The van der Waals surface area contributed by atoms with Gasteiger partial charge in [0.15, 0.2) is 6.10 Å². The van der Waals surface area contributed by atoms with Gasteiger partial charge < -0.3 is 19.3 Å². The molecule has 0 aromatic carbocycles. The molecule has 9 heteroatoms. The Morgan fingerprint density at radius 1 is 0.579 bits per heavy atom. The summed E-state index contributed by atoms with van der Waals surface area (Å²) >= 11 is 0. The molecule has 1 atom stereocenters. The average molecular weight is 565 g/mol. The first-order chi connectivity index (χ1) is 18.3. The number of phosphoric ester groups is 1. The lowest BCUT2D eigenvalue weighted by atomic mass is 10.0. The highest BCUT2D eigenvalue weighted by atomic mass is 31.2. The monoisotopic (exact) mass is 564 g/mol. The molecule has 0 fully saturated rings. The van der Waals surface area contributed by atoms with Crippen molar-refractivity contribution < 1.29 is 37.9 Å². The Morgan fingerprint density at radius 2 is 0.974 bits per heavy atom. The number of carbonyl (C=O) groups is 2. The fourth-order valence-electron chi connectivity index (χ4n) is 4.29. The highest BCUT2D eigenvalue weighted by molar-refractivity contribution is 7.46. The van der Waals surface area contributed by atoms with Crippen molar-refractivity contribution in [1.29, 1.82) is 0 Å². The number of hydrogen-bond donors (Lipinski definition) is 2. The summed E-state index contributed by atoms with van der Waals surface area (Å²) < 4.78 is 25.7. The number of unbranched alkanes of at least 4 members (excludes halogenated alkanes) is 18. The fraction of sp³-hybridized carbons (Fsp3) is 0.931. The van der Waals surface area contributed by atoms with Crippen molar-refractivity contribution in [1.82, 2.24) is 0 Å². The van der Waals surface area contributed by atoms with E-state index >= 15 is 0 Å². The maximum atomic E-state index is 12.2. The van der Waals surface area contributed by atoms with Gasteiger partial charge in [-0.15, -0.1) is 0 Å². The number of ether oxygens (including phenoxy) is 2. The molecule has 1 unspecified atom stereocenters. The number of esters is 2. The van der Waals surface area contributed by atoms with Gasteiger partial charge in [0.2, 0.25) is 0 Å². The fourth-order valence-corrected chi connectivity index (χ4v) is 4.65. The Kier molecular flexibility index (Phi) is 25.6. The molecule has 2 N–H and O–H groups in total. The van der Waals surface area contributed by atoms with Crippen LogP contribution in [0.4, 0.5) is 0 Å². The van der Waals surface area contributed by atoms with Gasteiger partial charge in [0.05, 0.1) is 6.61 Å². The summed E-state index contributed by atoms with van der Waals surface area (Å²) in [7, 11) is -4.72. The highest BCUT2D eigenvalue weighted by Crippen LogP contribution is 2.35. The zero-order valence-electron chi connectivity index (χ0n) is 24.3. The second kappa shape index (κ2) is 26.3. The van der Waals surface area contributed by atoms with Crippen molar-refractivity contribution in [2.45, 2.75) is 161 Å². The molecule has 226 valence electrons. The van der Waals surface area contributed by atoms with Crippen LogP contribution in [0.15, 0.2) is 0 Å². The van der Waals surface area contributed by atoms with Crippen molar-refractivity contribution in [3.8, 4) is 0 Å². The van der Waals surface area contributed by atoms with Gasteiger partial charge >= 0.3 is 19.8 Å². The Balaban J connectivity index is 3.73. The Bertz CT molecular complexity index is 607. The van der Waals surface area contributed by atoms with Crippen LogP contribution in [0.25, 0.3) is 0 Å². The van der Waals surface area contributed by atoms with Crippen LogP contribution in [0.2, 0.25) is 0 Å². The number of hydrogen-bond acceptors (Lipinski definition) is 6. The minimum atomic E-state index is -4.72. The predicted molar refractivity (Wildman–Crippen MR) is 152 cm³/mol. The molecule has 0 heterocycles. The molecule has 0 amide bonds. The maximum Gasteiger partial charge on any atom is 0.469 e. The van der Waals surface area contributed by atoms with Crippen molar-refractivity contribution >= 4 is 19.8 Å². The van der Waals surface area contributed by atoms with Crippen LogP contribution in [0.3, 0.4) is 0 Å². The number of rotatable bonds is 28. The van der Waals surface area contributed by atoms with Crippen LogP contribution in [-0.4, -0.2) is 41.0 Å². The van der Waals surface area contributed by atoms with Crippen LogP contribution in [0.1, 0.15) is 155 Å². The molecule has 38 heavy (non-hydrogen) atoms. The molecule has 0 saturated carbocycles. The van der Waals surface area contributed by atoms with E-state index in [-0.39, 0.29) is 19.4 Å². The molecule has 0 radical (unpaired) electrons. The van der Waals surface area contributed by atoms with E-state index in [4.69, 9.17) is 19.3 Å². The van der Waals surface area contributed by atoms with Gasteiger partial charge in [-0.3, -0.25) is 14.1 Å². The van der Waals surface area contributed by atoms with Crippen LogP contribution in [0, 0.1) is 0 Å². The summed E-state index contributed by atoms with van der Waals surface area (Å²) in [4.78, 5) is 41.7. The van der Waals surface area contributed by atoms with E-state index in [2.05, 4.69) is 11.4 Å². The summed E-state index contributed by atoms with van der Waals surface area (Å²) in [6.07, 6.45) is 23.8. The van der Waals surface area contributed by atoms with Crippen LogP contribution in [-0.2, 0) is 28.2 Å². The third-order valence-corrected chi connectivity index (χ3v) is 7.11. The number of phosphoric acid groups is 1. The van der Waals surface area contributed by atoms with Crippen LogP contribution in [0.5, 0.6) is 0 Å². The number of carbonyl (C=O) groups excluding carboxylic acids is 2. The van der Waals surface area contributed by atoms with Crippen LogP contribution < -0.4 is 0 Å². The van der Waals surface area contributed by atoms with Gasteiger partial charge in [0.25, 0.3) is 0 Å². The van der Waals surface area contributed by atoms with Crippen molar-refractivity contribution in [2.75, 3.05) is 13.2 Å². The third kappa shape index (κ3) is 28.1. The first kappa shape index (κ1) is 37.0. The molecule has 0 aromatic rings. The lowest BCUT2D eigenvalue weighted by molar-refractivity contribution is -0.161. The predicted octanol–water partition coefficient (Wildman–Crippen LogP) is 8.17. The van der Waals surface area contributed by atoms with E-state index in [1.807, 2.05) is 6.92 Å². The minimum absolute atomic E-state index is 0.217. The summed E-state index contributed by atoms with van der Waals surface area (Å²) in [5, 5.41) is 0. The van der Waals surface area contributed by atoms with Crippen molar-refractivity contribution in [2.24, 2.45) is 0 Å². The largest absolute Gasteiger partial charge is 0.469 e. The molecule has 0 aromatic heterocycles. The van der Waals surface area contributed by atoms with E-state index in [1.54, 1.807) is 0 Å². The van der Waals surface area contributed by atoms with E-state index in [0.717, 1.165) is 19.3 Å². The van der Waals surface area contributed by atoms with E-state index in [0.29, 0.717) is 12.8 Å². The molecule has 0 bridgehead atoms. The van der Waals surface area contributed by atoms with Gasteiger partial charge in [-0.1, -0.05) is 129 Å². The Hall–Kier alpha value is -0.950. The van der Waals surface area contributed by atoms with Crippen LogP contribution >= 0.6 is 7.82 Å². The minimum Gasteiger partial charge on any atom is -0.462 e. The first-order valence-electron chi connectivity index (χ1n) is 15.3. The van der Waals surface area contributed by atoms with Gasteiger partial charge in [0.1, 0.15) is 6.61 Å². The second-order valence-electron chi connectivity index (χ2n) is 10.4. The standard InChI is InChI=1S/C29H57O8P/c1-3-5-7-8-9-10-11-12-13-14-15-16-17-18-19-20-21-22-24-29(31)37-27(26-36-38(32,33)34)25-35-28(30)23-6-4-2/h27H,3-26H2,1-2H3,(H2,32,33,34). The van der Waals surface area contributed by atoms with Crippen molar-refractivity contribution in [3.63, 3.8) is 0 Å². The second-order valence-corrected chi connectivity index (χ2v) is 11.7. The van der Waals surface area contributed by atoms with E-state index in [1.165, 1.54) is 96.3 Å². The van der Waals surface area contributed by atoms with E-state index in [9.17, 15) is 14.2 Å². The molecule has 0 aliphatic rings. The quantitative estimate of drug-likeness (QED) is 0.0555. The molecule has 0 aliphatic carbocycles. The van der Waals surface area contributed by atoms with Gasteiger partial charge in [-0.05, 0) is 12.8 Å². The molecule has 8 nitrogen and oxygen atoms in total. The van der Waals surface area contributed by atoms with E-state index < -0.39 is 32.5 Å². The third-order valence-electron chi connectivity index (χ3n) is 6.63. The Labute approximate surface area is 232 Å². The molecular weight excluding hydrogens is 507 g/mol. The summed E-state index contributed by atoms with van der Waals surface area (Å²) in [6.45, 7) is 3.40. The van der Waals surface area contributed by atoms with Gasteiger partial charge in [-0.2, -0.15) is 0 Å². The zero-order chi connectivity index (χ0) is 28.3. The topological polar surface area (TPSA) is 119 Å². The highest BCUT2D eigenvalue weighted by Gasteiger charge is 2.22. The van der Waals surface area contributed by atoms with Crippen molar-refractivity contribution in [3.05, 3.63) is 0 Å². The molecule has 0 saturated heterocycles. The van der Waals surface area contributed by atoms with Gasteiger partial charge in [0, 0.05) is 12.8 Å². The molecule has 0 rings (SSSR count). The smallest absolute Gasteiger partial charge is 0.462 e. The molecular formula is C29H57O8P. The maximum absolute atomic E-state index is 12.2. The normalized spacial score (nSPS) is 12.4. The zero-order valence-corrected chi connectivity index (χ0v) is 25.2. The SMILES string of the molecule is CCCCCCCCCCCCCCCCCCCCC(=O)OC(COC(=O)CCCC)COP(=O)(O)O. The Morgan fingerprint density at radius 3 is 1.39 bits per heavy atom. The van der Waals surface area contributed by atoms with Gasteiger partial charge in [-0.25, -0.2) is 4.57 Å². The summed E-state index contributed by atoms with van der Waals surface area (Å²) in [6, 6.07) is 0. The summed E-state index contributed by atoms with van der Waals surface area (Å²) in [5.41, 5.74) is 0. The first-order valence-corrected chi connectivity index (χ1v) is 16.9.